The standard InChI is InChI=1S/C10H10BrN3O2/c1-3-16-10(15)7-5-14-8(4-12-7)13-6(2)9(14)11/h4-5H,3H2,1-2H3. The van der Waals surface area contributed by atoms with E-state index in [1.165, 1.54) is 0 Å². The van der Waals surface area contributed by atoms with Gasteiger partial charge in [0.1, 0.15) is 4.60 Å². The molecule has 2 aromatic heterocycles. The molecule has 2 rings (SSSR count). The molecule has 0 aromatic carbocycles. The number of esters is 1. The number of carbonyl (C=O) groups excluding carboxylic acids is 1. The lowest BCUT2D eigenvalue weighted by atomic mass is 10.4. The van der Waals surface area contributed by atoms with E-state index in [0.29, 0.717) is 12.3 Å². The van der Waals surface area contributed by atoms with Crippen molar-refractivity contribution in [2.24, 2.45) is 0 Å². The van der Waals surface area contributed by atoms with Crippen molar-refractivity contribution in [1.29, 1.82) is 0 Å². The van der Waals surface area contributed by atoms with Crippen LogP contribution in [-0.2, 0) is 4.74 Å². The van der Waals surface area contributed by atoms with Crippen molar-refractivity contribution < 1.29 is 9.53 Å². The van der Waals surface area contributed by atoms with Crippen molar-refractivity contribution in [3.63, 3.8) is 0 Å². The molecule has 6 heteroatoms. The maximum atomic E-state index is 11.5. The number of halogens is 1. The Hall–Kier alpha value is -1.43. The number of ether oxygens (including phenoxy) is 1. The molecular weight excluding hydrogens is 274 g/mol. The summed E-state index contributed by atoms with van der Waals surface area (Å²) >= 11 is 3.39. The topological polar surface area (TPSA) is 56.5 Å². The van der Waals surface area contributed by atoms with E-state index in [9.17, 15) is 4.79 Å². The number of rotatable bonds is 2. The van der Waals surface area contributed by atoms with Gasteiger partial charge in [-0.15, -0.1) is 0 Å². The highest BCUT2D eigenvalue weighted by Crippen LogP contribution is 2.17. The number of hydrogen-bond acceptors (Lipinski definition) is 4. The van der Waals surface area contributed by atoms with Crippen LogP contribution in [0.5, 0.6) is 0 Å². The molecule has 0 unspecified atom stereocenters. The van der Waals surface area contributed by atoms with Crippen LogP contribution >= 0.6 is 15.9 Å². The number of fused-ring (bicyclic) bond motifs is 1. The van der Waals surface area contributed by atoms with Gasteiger partial charge >= 0.3 is 5.97 Å². The van der Waals surface area contributed by atoms with Crippen LogP contribution in [0.25, 0.3) is 5.65 Å². The van der Waals surface area contributed by atoms with Crippen molar-refractivity contribution in [3.05, 3.63) is 28.4 Å². The summed E-state index contributed by atoms with van der Waals surface area (Å²) in [4.78, 5) is 19.7. The van der Waals surface area contributed by atoms with Crippen LogP contribution in [0.15, 0.2) is 17.0 Å². The first kappa shape index (κ1) is 11.1. The van der Waals surface area contributed by atoms with E-state index in [1.807, 2.05) is 6.92 Å². The normalized spacial score (nSPS) is 10.7. The number of nitrogens with zero attached hydrogens (tertiary/aromatic N) is 3. The minimum atomic E-state index is -0.428. The van der Waals surface area contributed by atoms with Crippen molar-refractivity contribution in [3.8, 4) is 0 Å². The Labute approximate surface area is 101 Å². The van der Waals surface area contributed by atoms with Crippen LogP contribution in [-0.4, -0.2) is 26.9 Å². The minimum absolute atomic E-state index is 0.271. The Morgan fingerprint density at radius 3 is 3.06 bits per heavy atom. The lowest BCUT2D eigenvalue weighted by molar-refractivity contribution is 0.0519. The van der Waals surface area contributed by atoms with Gasteiger partial charge in [-0.1, -0.05) is 0 Å². The summed E-state index contributed by atoms with van der Waals surface area (Å²) in [6, 6.07) is 0. The fourth-order valence-electron chi connectivity index (χ4n) is 1.35. The molecule has 0 saturated heterocycles. The predicted molar refractivity (Wildman–Crippen MR) is 61.4 cm³/mol. The molecule has 5 nitrogen and oxygen atoms in total. The van der Waals surface area contributed by atoms with E-state index in [1.54, 1.807) is 23.7 Å². The molecule has 0 atom stereocenters. The van der Waals surface area contributed by atoms with Gasteiger partial charge in [-0.25, -0.2) is 14.8 Å². The van der Waals surface area contributed by atoms with Crippen LogP contribution in [0.2, 0.25) is 0 Å². The summed E-state index contributed by atoms with van der Waals surface area (Å²) in [5.74, 6) is -0.428. The number of aromatic nitrogens is 3. The molecule has 16 heavy (non-hydrogen) atoms. The summed E-state index contributed by atoms with van der Waals surface area (Å²) in [5.41, 5.74) is 1.81. The van der Waals surface area contributed by atoms with Crippen LogP contribution in [0.3, 0.4) is 0 Å². The first-order chi connectivity index (χ1) is 7.63. The molecule has 0 N–H and O–H groups in total. The molecule has 0 spiro atoms. The highest BCUT2D eigenvalue weighted by Gasteiger charge is 2.12. The van der Waals surface area contributed by atoms with Gasteiger partial charge in [-0.3, -0.25) is 4.40 Å². The summed E-state index contributed by atoms with van der Waals surface area (Å²) in [6.45, 7) is 3.97. The Kier molecular flexibility index (Phi) is 2.91. The van der Waals surface area contributed by atoms with Gasteiger partial charge in [0.05, 0.1) is 18.5 Å². The van der Waals surface area contributed by atoms with E-state index in [4.69, 9.17) is 4.74 Å². The Bertz CT molecular complexity index is 550. The lowest BCUT2D eigenvalue weighted by Crippen LogP contribution is -2.08. The summed E-state index contributed by atoms with van der Waals surface area (Å²) in [6.07, 6.45) is 3.15. The zero-order valence-electron chi connectivity index (χ0n) is 8.90. The van der Waals surface area contributed by atoms with Gasteiger partial charge in [0.15, 0.2) is 11.3 Å². The smallest absolute Gasteiger partial charge is 0.358 e. The second-order valence-electron chi connectivity index (χ2n) is 3.21. The first-order valence-corrected chi connectivity index (χ1v) is 5.60. The van der Waals surface area contributed by atoms with E-state index in [-0.39, 0.29) is 5.69 Å². The SMILES string of the molecule is CCOC(=O)c1cn2c(Br)c(C)nc2cn1. The molecule has 0 bridgehead atoms. The Balaban J connectivity index is 2.50. The minimum Gasteiger partial charge on any atom is -0.461 e. The van der Waals surface area contributed by atoms with E-state index in [2.05, 4.69) is 25.9 Å². The van der Waals surface area contributed by atoms with Gasteiger partial charge in [0.2, 0.25) is 0 Å². The third-order valence-corrected chi connectivity index (χ3v) is 3.05. The highest BCUT2D eigenvalue weighted by molar-refractivity contribution is 9.10. The van der Waals surface area contributed by atoms with E-state index < -0.39 is 5.97 Å². The van der Waals surface area contributed by atoms with Gasteiger partial charge < -0.3 is 4.74 Å². The van der Waals surface area contributed by atoms with Crippen LogP contribution in [0, 0.1) is 6.92 Å². The van der Waals surface area contributed by atoms with Crippen LogP contribution < -0.4 is 0 Å². The highest BCUT2D eigenvalue weighted by atomic mass is 79.9. The van der Waals surface area contributed by atoms with Gasteiger partial charge in [0, 0.05) is 6.20 Å². The van der Waals surface area contributed by atoms with Gasteiger partial charge in [0.25, 0.3) is 0 Å². The Morgan fingerprint density at radius 2 is 2.38 bits per heavy atom. The number of carbonyl (C=O) groups is 1. The van der Waals surface area contributed by atoms with Gasteiger partial charge in [-0.2, -0.15) is 0 Å². The molecular formula is C10H10BrN3O2. The fraction of sp³-hybridized carbons (Fsp3) is 0.300. The van der Waals surface area contributed by atoms with Crippen LogP contribution in [0.4, 0.5) is 0 Å². The van der Waals surface area contributed by atoms with Crippen molar-refractivity contribution in [1.82, 2.24) is 14.4 Å². The summed E-state index contributed by atoms with van der Waals surface area (Å²) in [7, 11) is 0. The number of imidazole rings is 1. The van der Waals surface area contributed by atoms with E-state index in [0.717, 1.165) is 10.3 Å². The quantitative estimate of drug-likeness (QED) is 0.791. The zero-order valence-corrected chi connectivity index (χ0v) is 10.5. The van der Waals surface area contributed by atoms with E-state index >= 15 is 0 Å². The third kappa shape index (κ3) is 1.80. The predicted octanol–water partition coefficient (Wildman–Crippen LogP) is 1.98. The molecule has 0 fully saturated rings. The van der Waals surface area contributed by atoms with Crippen molar-refractivity contribution in [2.45, 2.75) is 13.8 Å². The average molecular weight is 284 g/mol. The lowest BCUT2D eigenvalue weighted by Gasteiger charge is -2.01. The fourth-order valence-corrected chi connectivity index (χ4v) is 1.73. The second-order valence-corrected chi connectivity index (χ2v) is 3.96. The molecule has 0 radical (unpaired) electrons. The van der Waals surface area contributed by atoms with Crippen molar-refractivity contribution in [2.75, 3.05) is 6.61 Å². The monoisotopic (exact) mass is 283 g/mol. The van der Waals surface area contributed by atoms with Crippen molar-refractivity contribution >= 4 is 27.5 Å². The molecule has 84 valence electrons. The third-order valence-electron chi connectivity index (χ3n) is 2.09. The summed E-state index contributed by atoms with van der Waals surface area (Å²) < 4.78 is 7.45. The maximum Gasteiger partial charge on any atom is 0.358 e. The molecule has 0 aliphatic heterocycles. The second kappa shape index (κ2) is 4.21. The molecule has 2 aromatic rings. The van der Waals surface area contributed by atoms with Gasteiger partial charge in [-0.05, 0) is 29.8 Å². The molecule has 0 aliphatic carbocycles. The van der Waals surface area contributed by atoms with Crippen LogP contribution in [0.1, 0.15) is 23.1 Å². The zero-order chi connectivity index (χ0) is 11.7. The maximum absolute atomic E-state index is 11.5. The number of hydrogen-bond donors (Lipinski definition) is 0. The Morgan fingerprint density at radius 1 is 1.62 bits per heavy atom. The molecule has 0 aliphatic rings. The number of aryl methyl sites for hydroxylation is 1. The largest absolute Gasteiger partial charge is 0.461 e. The average Bonchev–Trinajstić information content (AvgIpc) is 2.55. The molecule has 0 saturated carbocycles. The molecule has 2 heterocycles. The molecule has 0 amide bonds. The first-order valence-electron chi connectivity index (χ1n) is 4.80. The summed E-state index contributed by atoms with van der Waals surface area (Å²) in [5, 5.41) is 0.